The van der Waals surface area contributed by atoms with Gasteiger partial charge in [-0.25, -0.2) is 14.2 Å². The molecule has 3 N–H and O–H groups in total. The molecule has 1 heterocycles. The monoisotopic (exact) mass is 551 g/mol. The highest BCUT2D eigenvalue weighted by atomic mass is 19.4. The number of ether oxygens (including phenoxy) is 1. The first-order valence-electron chi connectivity index (χ1n) is 12.1. The summed E-state index contributed by atoms with van der Waals surface area (Å²) in [5.41, 5.74) is 7.18. The number of aliphatic carboxylic acids is 1. The maximum atomic E-state index is 13.4. The van der Waals surface area contributed by atoms with Crippen molar-refractivity contribution in [2.45, 2.75) is 19.3 Å². The molecule has 0 unspecified atom stereocenters. The van der Waals surface area contributed by atoms with Gasteiger partial charge in [-0.15, -0.1) is 0 Å². The maximum Gasteiger partial charge on any atom is 0.490 e. The van der Waals surface area contributed by atoms with E-state index in [1.807, 2.05) is 24.3 Å². The van der Waals surface area contributed by atoms with E-state index in [1.165, 1.54) is 23.3 Å². The summed E-state index contributed by atoms with van der Waals surface area (Å²) in [6, 6.07) is 29.5. The number of nitrogens with zero attached hydrogens (tertiary/aromatic N) is 1. The van der Waals surface area contributed by atoms with Crippen LogP contribution in [-0.2, 0) is 17.9 Å². The number of carboxylic acids is 1. The molecule has 0 saturated heterocycles. The van der Waals surface area contributed by atoms with Crippen molar-refractivity contribution in [3.8, 4) is 28.3 Å². The zero-order valence-electron chi connectivity index (χ0n) is 21.3. The normalized spacial score (nSPS) is 11.1. The van der Waals surface area contributed by atoms with Crippen LogP contribution in [0, 0.1) is 5.82 Å². The highest BCUT2D eigenvalue weighted by Crippen LogP contribution is 2.26. The Kier molecular flexibility index (Phi) is 8.80. The van der Waals surface area contributed by atoms with E-state index < -0.39 is 12.1 Å². The van der Waals surface area contributed by atoms with Crippen LogP contribution in [0.5, 0.6) is 5.75 Å². The third-order valence-electron chi connectivity index (χ3n) is 5.95. The number of fused-ring (bicyclic) bond motifs is 1. The predicted molar refractivity (Wildman–Crippen MR) is 144 cm³/mol. The topological polar surface area (TPSA) is 87.2 Å². The molecule has 0 saturated carbocycles. The van der Waals surface area contributed by atoms with Crippen molar-refractivity contribution >= 4 is 17.0 Å². The average Bonchev–Trinajstić information content (AvgIpc) is 3.37. The number of alkyl halides is 3. The Morgan fingerprint density at radius 2 is 1.35 bits per heavy atom. The summed E-state index contributed by atoms with van der Waals surface area (Å²) < 4.78 is 50.4. The number of nitrogens with one attached hydrogen (secondary N) is 2. The van der Waals surface area contributed by atoms with Gasteiger partial charge in [-0.1, -0.05) is 60.7 Å². The molecule has 206 valence electrons. The molecule has 0 spiro atoms. The maximum absolute atomic E-state index is 13.4. The van der Waals surface area contributed by atoms with Crippen LogP contribution in [0.3, 0.4) is 0 Å². The molecule has 5 rings (SSSR count). The third kappa shape index (κ3) is 7.45. The molecule has 0 bridgehead atoms. The molecule has 1 aromatic heterocycles. The van der Waals surface area contributed by atoms with Gasteiger partial charge < -0.3 is 20.1 Å². The van der Waals surface area contributed by atoms with Gasteiger partial charge in [0.1, 0.15) is 17.4 Å². The first kappa shape index (κ1) is 28.3. The van der Waals surface area contributed by atoms with Crippen molar-refractivity contribution < 1.29 is 32.2 Å². The molecule has 0 aliphatic rings. The molecular formula is C30H25F4N3O3. The van der Waals surface area contributed by atoms with Gasteiger partial charge in [0.25, 0.3) is 0 Å². The molecule has 0 radical (unpaired) electrons. The molecule has 0 amide bonds. The molecule has 10 heteroatoms. The van der Waals surface area contributed by atoms with Gasteiger partial charge in [-0.3, -0.25) is 0 Å². The van der Waals surface area contributed by atoms with Crippen molar-refractivity contribution in [3.05, 3.63) is 108 Å². The fraction of sp³-hybridized carbons (Fsp3) is 0.133. The van der Waals surface area contributed by atoms with E-state index in [0.717, 1.165) is 46.9 Å². The number of carbonyl (C=O) groups is 1. The lowest BCUT2D eigenvalue weighted by Gasteiger charge is -2.08. The number of aromatic nitrogens is 2. The molecule has 0 aliphatic heterocycles. The highest BCUT2D eigenvalue weighted by molar-refractivity contribution is 5.80. The minimum Gasteiger partial charge on any atom is -0.497 e. The molecule has 0 aliphatic carbocycles. The van der Waals surface area contributed by atoms with E-state index in [4.69, 9.17) is 14.6 Å². The van der Waals surface area contributed by atoms with Crippen LogP contribution < -0.4 is 10.1 Å². The standard InChI is InChI=1S/C28H24FN3O.C2HF3O2/c1-33-25-13-4-20(5-14-25)18-30-17-19-2-6-21(7-3-19)22-8-10-23(11-9-22)28-31-26-15-12-24(29)16-27(26)32-28;3-2(4,5)1(6)7/h2-16,30H,17-18H2,1H3,(H,31,32);(H,6,7). The molecular weight excluding hydrogens is 526 g/mol. The SMILES string of the molecule is COc1ccc(CNCc2ccc(-c3ccc(-c4nc5ccc(F)cc5[nH]4)cc3)cc2)cc1.O=C(O)C(F)(F)F. The molecule has 0 fully saturated rings. The van der Waals surface area contributed by atoms with E-state index >= 15 is 0 Å². The second-order valence-corrected chi connectivity index (χ2v) is 8.78. The lowest BCUT2D eigenvalue weighted by Crippen LogP contribution is -2.21. The number of benzene rings is 4. The van der Waals surface area contributed by atoms with Gasteiger partial charge in [0.2, 0.25) is 0 Å². The summed E-state index contributed by atoms with van der Waals surface area (Å²) in [5, 5.41) is 10.6. The summed E-state index contributed by atoms with van der Waals surface area (Å²) in [7, 11) is 1.68. The summed E-state index contributed by atoms with van der Waals surface area (Å²) >= 11 is 0. The Balaban J connectivity index is 0.000000470. The summed E-state index contributed by atoms with van der Waals surface area (Å²) in [6.07, 6.45) is -5.08. The van der Waals surface area contributed by atoms with Crippen molar-refractivity contribution in [2.24, 2.45) is 0 Å². The highest BCUT2D eigenvalue weighted by Gasteiger charge is 2.38. The zero-order chi connectivity index (χ0) is 28.7. The van der Waals surface area contributed by atoms with Gasteiger partial charge >= 0.3 is 12.1 Å². The Labute approximate surface area is 227 Å². The summed E-state index contributed by atoms with van der Waals surface area (Å²) in [5.74, 6) is -1.42. The van der Waals surface area contributed by atoms with E-state index in [2.05, 4.69) is 63.8 Å². The third-order valence-corrected chi connectivity index (χ3v) is 5.95. The summed E-state index contributed by atoms with van der Waals surface area (Å²) in [6.45, 7) is 1.61. The predicted octanol–water partition coefficient (Wildman–Crippen LogP) is 6.97. The first-order chi connectivity index (χ1) is 19.1. The Morgan fingerprint density at radius 3 is 1.88 bits per heavy atom. The molecule has 0 atom stereocenters. The number of aromatic amines is 1. The van der Waals surface area contributed by atoms with Crippen molar-refractivity contribution in [1.29, 1.82) is 0 Å². The van der Waals surface area contributed by atoms with E-state index in [1.54, 1.807) is 13.2 Å². The van der Waals surface area contributed by atoms with Crippen LogP contribution in [0.4, 0.5) is 17.6 Å². The van der Waals surface area contributed by atoms with Crippen molar-refractivity contribution in [3.63, 3.8) is 0 Å². The van der Waals surface area contributed by atoms with Crippen LogP contribution >= 0.6 is 0 Å². The Bertz CT molecular complexity index is 1560. The van der Waals surface area contributed by atoms with E-state index in [-0.39, 0.29) is 5.82 Å². The number of hydrogen-bond acceptors (Lipinski definition) is 4. The van der Waals surface area contributed by atoms with Crippen LogP contribution in [0.1, 0.15) is 11.1 Å². The number of carboxylic acid groups (broad SMARTS) is 1. The van der Waals surface area contributed by atoms with Crippen LogP contribution in [0.2, 0.25) is 0 Å². The number of rotatable bonds is 7. The smallest absolute Gasteiger partial charge is 0.490 e. The van der Waals surface area contributed by atoms with Gasteiger partial charge in [0.05, 0.1) is 18.1 Å². The average molecular weight is 552 g/mol. The number of imidazole rings is 1. The minimum atomic E-state index is -5.08. The van der Waals surface area contributed by atoms with Crippen molar-refractivity contribution in [1.82, 2.24) is 15.3 Å². The second-order valence-electron chi connectivity index (χ2n) is 8.78. The van der Waals surface area contributed by atoms with Gasteiger partial charge in [-0.05, 0) is 52.6 Å². The number of methoxy groups -OCH3 is 1. The van der Waals surface area contributed by atoms with Gasteiger partial charge in [0.15, 0.2) is 0 Å². The van der Waals surface area contributed by atoms with E-state index in [9.17, 15) is 17.6 Å². The lowest BCUT2D eigenvalue weighted by atomic mass is 10.0. The van der Waals surface area contributed by atoms with Crippen molar-refractivity contribution in [2.75, 3.05) is 7.11 Å². The fourth-order valence-corrected chi connectivity index (χ4v) is 3.85. The quantitative estimate of drug-likeness (QED) is 0.190. The number of halogens is 4. The number of H-pyrrole nitrogens is 1. The zero-order valence-corrected chi connectivity index (χ0v) is 21.3. The Hall–Kier alpha value is -4.70. The molecule has 4 aromatic carbocycles. The second kappa shape index (κ2) is 12.4. The molecule has 6 nitrogen and oxygen atoms in total. The minimum absolute atomic E-state index is 0.271. The van der Waals surface area contributed by atoms with E-state index in [0.29, 0.717) is 5.52 Å². The van der Waals surface area contributed by atoms with Crippen LogP contribution in [0.15, 0.2) is 91.0 Å². The largest absolute Gasteiger partial charge is 0.497 e. The fourth-order valence-electron chi connectivity index (χ4n) is 3.85. The number of hydrogen-bond donors (Lipinski definition) is 3. The first-order valence-corrected chi connectivity index (χ1v) is 12.1. The summed E-state index contributed by atoms with van der Waals surface area (Å²) in [4.78, 5) is 16.6. The molecule has 5 aromatic rings. The van der Waals surface area contributed by atoms with Gasteiger partial charge in [0, 0.05) is 18.7 Å². The van der Waals surface area contributed by atoms with Gasteiger partial charge in [-0.2, -0.15) is 13.2 Å². The van der Waals surface area contributed by atoms with Crippen LogP contribution in [0.25, 0.3) is 33.5 Å². The molecule has 40 heavy (non-hydrogen) atoms. The van der Waals surface area contributed by atoms with Crippen LogP contribution in [-0.4, -0.2) is 34.3 Å². The lowest BCUT2D eigenvalue weighted by molar-refractivity contribution is -0.192. The Morgan fingerprint density at radius 1 is 0.850 bits per heavy atom.